The zero-order valence-corrected chi connectivity index (χ0v) is 8.84. The molecule has 1 saturated carbocycles. The van der Waals surface area contributed by atoms with Crippen molar-refractivity contribution >= 4 is 6.08 Å². The van der Waals surface area contributed by atoms with E-state index in [2.05, 4.69) is 25.8 Å². The van der Waals surface area contributed by atoms with Crippen LogP contribution in [0, 0.1) is 17.3 Å². The van der Waals surface area contributed by atoms with Gasteiger partial charge in [-0.15, -0.1) is 0 Å². The minimum absolute atomic E-state index is 0.429. The van der Waals surface area contributed by atoms with E-state index in [4.69, 9.17) is 0 Å². The van der Waals surface area contributed by atoms with E-state index in [0.29, 0.717) is 12.0 Å². The zero-order valence-electron chi connectivity index (χ0n) is 8.84. The second-order valence-electron chi connectivity index (χ2n) is 4.76. The predicted octanol–water partition coefficient (Wildman–Crippen LogP) is 2.78. The van der Waals surface area contributed by atoms with Crippen LogP contribution in [-0.2, 0) is 4.79 Å². The number of nitrogens with zero attached hydrogens (tertiary/aromatic N) is 1. The monoisotopic (exact) mass is 181 g/mol. The highest BCUT2D eigenvalue weighted by atomic mass is 16.1. The van der Waals surface area contributed by atoms with Gasteiger partial charge in [-0.3, -0.25) is 0 Å². The molecule has 0 bridgehead atoms. The maximum absolute atomic E-state index is 9.91. The van der Waals surface area contributed by atoms with E-state index in [1.54, 1.807) is 6.08 Å². The van der Waals surface area contributed by atoms with E-state index in [9.17, 15) is 4.79 Å². The van der Waals surface area contributed by atoms with Crippen molar-refractivity contribution in [3.05, 3.63) is 0 Å². The van der Waals surface area contributed by atoms with Crippen LogP contribution >= 0.6 is 0 Å². The molecule has 2 unspecified atom stereocenters. The first-order valence-electron chi connectivity index (χ1n) is 5.12. The number of isocyanates is 1. The molecule has 1 aliphatic rings. The summed E-state index contributed by atoms with van der Waals surface area (Å²) in [5.74, 6) is 1.54. The molecule has 0 amide bonds. The van der Waals surface area contributed by atoms with Crippen molar-refractivity contribution in [2.24, 2.45) is 22.2 Å². The highest BCUT2D eigenvalue weighted by Gasteiger charge is 2.39. The van der Waals surface area contributed by atoms with Crippen molar-refractivity contribution in [3.8, 4) is 0 Å². The summed E-state index contributed by atoms with van der Waals surface area (Å²) in [6.45, 7) is 7.65. The van der Waals surface area contributed by atoms with Crippen molar-refractivity contribution in [2.75, 3.05) is 6.54 Å². The Hall–Kier alpha value is -0.620. The molecule has 1 aliphatic carbocycles. The molecule has 0 saturated heterocycles. The molecule has 1 fully saturated rings. The van der Waals surface area contributed by atoms with Gasteiger partial charge in [0.15, 0.2) is 0 Å². The van der Waals surface area contributed by atoms with Crippen LogP contribution in [0.4, 0.5) is 0 Å². The smallest absolute Gasteiger partial charge is 0.211 e. The van der Waals surface area contributed by atoms with E-state index in [1.165, 1.54) is 12.8 Å². The third kappa shape index (κ3) is 2.19. The fraction of sp³-hybridized carbons (Fsp3) is 0.909. The Labute approximate surface area is 80.4 Å². The summed E-state index contributed by atoms with van der Waals surface area (Å²) in [5.41, 5.74) is 0.429. The summed E-state index contributed by atoms with van der Waals surface area (Å²) in [5, 5.41) is 0. The summed E-state index contributed by atoms with van der Waals surface area (Å²) in [7, 11) is 0. The molecule has 2 nitrogen and oxygen atoms in total. The second-order valence-corrected chi connectivity index (χ2v) is 4.76. The molecule has 0 heterocycles. The summed E-state index contributed by atoms with van der Waals surface area (Å²) in [6.07, 6.45) is 5.27. The normalized spacial score (nSPS) is 31.3. The summed E-state index contributed by atoms with van der Waals surface area (Å²) >= 11 is 0. The number of hydrogen-bond acceptors (Lipinski definition) is 2. The van der Waals surface area contributed by atoms with Crippen LogP contribution < -0.4 is 0 Å². The number of carbonyl (C=O) groups excluding carboxylic acids is 1. The van der Waals surface area contributed by atoms with E-state index < -0.39 is 0 Å². The van der Waals surface area contributed by atoms with Crippen molar-refractivity contribution in [1.82, 2.24) is 0 Å². The van der Waals surface area contributed by atoms with E-state index >= 15 is 0 Å². The molecule has 74 valence electrons. The predicted molar refractivity (Wildman–Crippen MR) is 53.3 cm³/mol. The molecule has 0 aromatic heterocycles. The Morgan fingerprint density at radius 3 is 2.62 bits per heavy atom. The number of aliphatic imine (C=N–C) groups is 1. The number of rotatable bonds is 3. The number of hydrogen-bond donors (Lipinski definition) is 0. The Kier molecular flexibility index (Phi) is 3.27. The minimum Gasteiger partial charge on any atom is -0.211 e. The Morgan fingerprint density at radius 1 is 1.46 bits per heavy atom. The highest BCUT2D eigenvalue weighted by molar-refractivity contribution is 5.32. The van der Waals surface area contributed by atoms with Crippen LogP contribution in [-0.4, -0.2) is 12.6 Å². The largest absolute Gasteiger partial charge is 0.234 e. The van der Waals surface area contributed by atoms with Gasteiger partial charge in [0.25, 0.3) is 0 Å². The van der Waals surface area contributed by atoms with E-state index in [1.807, 2.05) is 0 Å². The topological polar surface area (TPSA) is 29.4 Å². The van der Waals surface area contributed by atoms with E-state index in [0.717, 1.165) is 18.3 Å². The Bertz CT molecular complexity index is 216. The quantitative estimate of drug-likeness (QED) is 0.486. The van der Waals surface area contributed by atoms with Gasteiger partial charge in [-0.25, -0.2) is 9.79 Å². The molecule has 0 spiro atoms. The van der Waals surface area contributed by atoms with Crippen molar-refractivity contribution in [1.29, 1.82) is 0 Å². The molecule has 2 heteroatoms. The highest BCUT2D eigenvalue weighted by Crippen LogP contribution is 2.48. The van der Waals surface area contributed by atoms with E-state index in [-0.39, 0.29) is 0 Å². The average molecular weight is 181 g/mol. The molecule has 1 rings (SSSR count). The molecule has 0 aromatic carbocycles. The Morgan fingerprint density at radius 2 is 2.15 bits per heavy atom. The molecular formula is C11H19NO. The third-order valence-electron chi connectivity index (χ3n) is 3.92. The van der Waals surface area contributed by atoms with Gasteiger partial charge in [0.05, 0.1) is 6.54 Å². The van der Waals surface area contributed by atoms with Crippen molar-refractivity contribution in [2.45, 2.75) is 40.0 Å². The Balaban J connectivity index is 2.47. The molecule has 0 N–H and O–H groups in total. The lowest BCUT2D eigenvalue weighted by Gasteiger charge is -2.30. The molecular weight excluding hydrogens is 162 g/mol. The fourth-order valence-corrected chi connectivity index (χ4v) is 2.38. The van der Waals surface area contributed by atoms with Crippen LogP contribution in [0.25, 0.3) is 0 Å². The van der Waals surface area contributed by atoms with Crippen LogP contribution in [0.15, 0.2) is 4.99 Å². The minimum atomic E-state index is 0.429. The maximum Gasteiger partial charge on any atom is 0.234 e. The SMILES string of the molecule is CC1CCC(CCN=C=O)C1(C)C. The maximum atomic E-state index is 9.91. The molecule has 2 atom stereocenters. The molecule has 0 aliphatic heterocycles. The lowest BCUT2D eigenvalue weighted by Crippen LogP contribution is -2.23. The zero-order chi connectivity index (χ0) is 9.90. The van der Waals surface area contributed by atoms with Crippen LogP contribution in [0.2, 0.25) is 0 Å². The van der Waals surface area contributed by atoms with Gasteiger partial charge in [-0.05, 0) is 36.5 Å². The van der Waals surface area contributed by atoms with Crippen LogP contribution in [0.3, 0.4) is 0 Å². The van der Waals surface area contributed by atoms with Gasteiger partial charge in [-0.1, -0.05) is 20.8 Å². The molecule has 13 heavy (non-hydrogen) atoms. The van der Waals surface area contributed by atoms with Gasteiger partial charge in [0.2, 0.25) is 6.08 Å². The van der Waals surface area contributed by atoms with Crippen LogP contribution in [0.5, 0.6) is 0 Å². The van der Waals surface area contributed by atoms with Gasteiger partial charge >= 0.3 is 0 Å². The lowest BCUT2D eigenvalue weighted by atomic mass is 9.75. The summed E-state index contributed by atoms with van der Waals surface area (Å²) < 4.78 is 0. The summed E-state index contributed by atoms with van der Waals surface area (Å²) in [6, 6.07) is 0. The lowest BCUT2D eigenvalue weighted by molar-refractivity contribution is 0.191. The molecule has 0 radical (unpaired) electrons. The standard InChI is InChI=1S/C11H19NO/c1-9-4-5-10(11(9,2)3)6-7-12-8-13/h9-10H,4-7H2,1-3H3. The van der Waals surface area contributed by atoms with Crippen molar-refractivity contribution < 1.29 is 4.79 Å². The third-order valence-corrected chi connectivity index (χ3v) is 3.92. The first kappa shape index (κ1) is 10.5. The second kappa shape index (κ2) is 4.06. The van der Waals surface area contributed by atoms with Gasteiger partial charge in [0.1, 0.15) is 0 Å². The average Bonchev–Trinajstić information content (AvgIpc) is 2.32. The first-order chi connectivity index (χ1) is 6.09. The van der Waals surface area contributed by atoms with Crippen molar-refractivity contribution in [3.63, 3.8) is 0 Å². The fourth-order valence-electron chi connectivity index (χ4n) is 2.38. The van der Waals surface area contributed by atoms with Gasteiger partial charge in [-0.2, -0.15) is 0 Å². The van der Waals surface area contributed by atoms with Gasteiger partial charge < -0.3 is 0 Å². The van der Waals surface area contributed by atoms with Gasteiger partial charge in [0, 0.05) is 0 Å². The first-order valence-corrected chi connectivity index (χ1v) is 5.12. The molecule has 0 aromatic rings. The summed E-state index contributed by atoms with van der Waals surface area (Å²) in [4.78, 5) is 13.5. The van der Waals surface area contributed by atoms with Crippen LogP contribution in [0.1, 0.15) is 40.0 Å².